The first-order valence-electron chi connectivity index (χ1n) is 33.5. The molecule has 0 bridgehead atoms. The molecule has 36 heteroatoms. The fourth-order valence-electron chi connectivity index (χ4n) is 13.2. The molecule has 9 rings (SSSR count). The van der Waals surface area contributed by atoms with Gasteiger partial charge in [0.05, 0.1) is 56.3 Å². The Morgan fingerprint density at radius 1 is 0.686 bits per heavy atom. The van der Waals surface area contributed by atoms with E-state index in [2.05, 4.69) is 69.3 Å². The SMILES string of the molecule is C[C@@H](O)[C@@H]1NC(=O)[C@@H](NC(=O)c2ccc(-c3nnc(-c4ccc(N5CCN(C6CCCCC6)CC5)cc4)s3)cc2)C[C@@H](O)CNC(=O)[C@@H]2[C@@H](O)[C@@H](C)CN2C(=O)[C@H]([C@H](O)CCNC(=O)CN)NC(=O)[C@H]([C@H](O)Cc2ccc(O)c(OCCNC(=O)CN)c2)NC(=O)[C@@H]2C[C@@H](O)CN2C1=O.Cl.Cl.Cl. The van der Waals surface area contributed by atoms with E-state index in [0.717, 1.165) is 54.2 Å². The van der Waals surface area contributed by atoms with E-state index < -0.39 is 177 Å². The average Bonchev–Trinajstić information content (AvgIpc) is 1.62. The Morgan fingerprint density at radius 2 is 1.28 bits per heavy atom. The van der Waals surface area contributed by atoms with Gasteiger partial charge in [0.2, 0.25) is 47.3 Å². The number of hydrogen-bond donors (Lipinski definition) is 16. The third-order valence-electron chi connectivity index (χ3n) is 18.7. The minimum Gasteiger partial charge on any atom is -0.504 e. The van der Waals surface area contributed by atoms with Crippen LogP contribution in [0.2, 0.25) is 0 Å². The number of phenols is 1. The van der Waals surface area contributed by atoms with Crippen molar-refractivity contribution in [3.63, 3.8) is 0 Å². The number of hydrogen-bond acceptors (Lipinski definition) is 24. The molecule has 4 saturated heterocycles. The van der Waals surface area contributed by atoms with Crippen LogP contribution < -0.4 is 58.3 Å². The highest BCUT2D eigenvalue weighted by molar-refractivity contribution is 7.17. The summed E-state index contributed by atoms with van der Waals surface area (Å²) >= 11 is 1.34. The van der Waals surface area contributed by atoms with E-state index in [9.17, 15) is 78.9 Å². The topological polar surface area (TPSA) is 479 Å². The highest BCUT2D eigenvalue weighted by Gasteiger charge is 2.50. The number of benzene rings is 3. The zero-order valence-corrected chi connectivity index (χ0v) is 59.7. The summed E-state index contributed by atoms with van der Waals surface area (Å²) in [6.07, 6.45) is -6.15. The van der Waals surface area contributed by atoms with Crippen molar-refractivity contribution in [2.45, 2.75) is 151 Å². The number of aliphatic hydroxyl groups is 6. The third-order valence-corrected chi connectivity index (χ3v) is 19.8. The van der Waals surface area contributed by atoms with Crippen LogP contribution in [0.25, 0.3) is 21.1 Å². The Bertz CT molecular complexity index is 3500. The molecule has 4 aliphatic heterocycles. The zero-order valence-electron chi connectivity index (χ0n) is 56.5. The Balaban J connectivity index is 0.00000545. The normalized spacial score (nSPS) is 25.2. The maximum atomic E-state index is 15.0. The molecule has 0 unspecified atom stereocenters. The molecule has 32 nitrogen and oxygen atoms in total. The second-order valence-electron chi connectivity index (χ2n) is 25.9. The number of nitrogens with one attached hydrogen (secondary N) is 7. The van der Waals surface area contributed by atoms with Gasteiger partial charge in [-0.1, -0.05) is 55.7 Å². The number of amides is 9. The summed E-state index contributed by atoms with van der Waals surface area (Å²) in [5.74, 6) is -10.4. The van der Waals surface area contributed by atoms with E-state index in [0.29, 0.717) is 21.6 Å². The van der Waals surface area contributed by atoms with Crippen LogP contribution in [0.3, 0.4) is 0 Å². The zero-order chi connectivity index (χ0) is 71.2. The fraction of sp³-hybridized carbons (Fsp3) is 0.561. The molecule has 5 fully saturated rings. The van der Waals surface area contributed by atoms with Crippen LogP contribution in [0.5, 0.6) is 11.5 Å². The molecule has 1 saturated carbocycles. The quantitative estimate of drug-likeness (QED) is 0.0397. The van der Waals surface area contributed by atoms with Gasteiger partial charge in [0, 0.05) is 106 Å². The summed E-state index contributed by atoms with van der Waals surface area (Å²) in [6.45, 7) is 3.73. The summed E-state index contributed by atoms with van der Waals surface area (Å²) in [4.78, 5) is 133. The molecule has 9 amide bonds. The summed E-state index contributed by atoms with van der Waals surface area (Å²) in [5, 5.41) is 107. The molecule has 5 aliphatic rings. The van der Waals surface area contributed by atoms with Gasteiger partial charge in [-0.2, -0.15) is 0 Å². The van der Waals surface area contributed by atoms with Crippen molar-refractivity contribution >= 4 is 107 Å². The van der Waals surface area contributed by atoms with Crippen LogP contribution in [-0.2, 0) is 44.8 Å². The van der Waals surface area contributed by atoms with E-state index in [1.807, 2.05) is 12.1 Å². The van der Waals surface area contributed by atoms with Gasteiger partial charge in [-0.3, -0.25) is 48.1 Å². The Morgan fingerprint density at radius 3 is 1.91 bits per heavy atom. The summed E-state index contributed by atoms with van der Waals surface area (Å²) in [7, 11) is 0. The van der Waals surface area contributed by atoms with Gasteiger partial charge >= 0.3 is 0 Å². The lowest BCUT2D eigenvalue weighted by Gasteiger charge is -2.41. The fourth-order valence-corrected chi connectivity index (χ4v) is 14.0. The first-order valence-corrected chi connectivity index (χ1v) is 34.3. The first-order chi connectivity index (χ1) is 47.4. The van der Waals surface area contributed by atoms with Gasteiger partial charge in [-0.15, -0.1) is 47.4 Å². The lowest BCUT2D eigenvalue weighted by molar-refractivity contribution is -0.147. The second kappa shape index (κ2) is 38.8. The highest BCUT2D eigenvalue weighted by atomic mass is 35.5. The number of carbonyl (C=O) groups excluding carboxylic acids is 9. The first kappa shape index (κ1) is 83.3. The number of piperazine rings is 1. The number of β-amino-alcohol motifs (C(OH)–C–C–N with tert-alkyl or cyclic N) is 1. The molecule has 562 valence electrons. The number of carbonyl (C=O) groups is 9. The monoisotopic (exact) mass is 1510 g/mol. The molecule has 18 N–H and O–H groups in total. The van der Waals surface area contributed by atoms with Crippen LogP contribution in [0.1, 0.15) is 81.1 Å². The molecular formula is C66H94Cl3N15O17S. The third kappa shape index (κ3) is 21.3. The van der Waals surface area contributed by atoms with Crippen molar-refractivity contribution in [2.75, 3.05) is 83.5 Å². The molecular weight excluding hydrogens is 1410 g/mol. The van der Waals surface area contributed by atoms with Gasteiger partial charge < -0.3 is 104 Å². The standard InChI is InChI=1S/C66H91N15O17S.3ClH/c1-35-33-81-56(57(35)90)62(95)71-32-43(83)28-45(72-58(91)38-9-11-39(12-10-38)63-76-77-64(99-63)40-13-15-42(16-14-40)79-23-21-78(22-24-79)41-6-4-3-5-7-41)59(92)73-53(36(2)82)65(96)80-34-44(84)29-46(80)60(93)74-54(61(94)75-55(66(81)97)48(86)18-19-69-51(88)30-67)49(87)26-37-8-17-47(85)50(27-37)98-25-20-70-52(89)31-68;;;/h8-17,27,35-36,41,43-46,48-49,53-57,82-87,90H,3-7,18-26,28-34,67-68H2,1-2H3,(H,69,88)(H,70,89)(H,71,95)(H,72,91)(H,73,92)(H,74,93)(H,75,94);3*1H/t35-,36+,43+,44+,45-,46-,48+,49+,53-,54-,55-,56-,57-;;;/m0.../s1. The van der Waals surface area contributed by atoms with Crippen molar-refractivity contribution in [3.05, 3.63) is 77.9 Å². The van der Waals surface area contributed by atoms with E-state index in [4.69, 9.17) is 16.2 Å². The second-order valence-corrected chi connectivity index (χ2v) is 26.9. The largest absolute Gasteiger partial charge is 0.504 e. The molecule has 4 aromatic rings. The number of fused-ring (bicyclic) bond motifs is 2. The maximum Gasteiger partial charge on any atom is 0.251 e. The van der Waals surface area contributed by atoms with E-state index in [1.165, 1.54) is 80.7 Å². The van der Waals surface area contributed by atoms with Crippen molar-refractivity contribution in [1.82, 2.24) is 62.1 Å². The Kier molecular flexibility index (Phi) is 31.6. The number of nitrogens with zero attached hydrogens (tertiary/aromatic N) is 6. The van der Waals surface area contributed by atoms with Gasteiger partial charge in [0.25, 0.3) is 5.91 Å². The molecule has 1 aromatic heterocycles. The number of ether oxygens (including phenoxy) is 1. The minimum atomic E-state index is -2.14. The smallest absolute Gasteiger partial charge is 0.251 e. The predicted molar refractivity (Wildman–Crippen MR) is 380 cm³/mol. The number of aromatic nitrogens is 2. The van der Waals surface area contributed by atoms with Crippen molar-refractivity contribution in [1.29, 1.82) is 0 Å². The van der Waals surface area contributed by atoms with Crippen LogP contribution in [0.4, 0.5) is 5.69 Å². The lowest BCUT2D eigenvalue weighted by atomic mass is 9.94. The molecule has 0 radical (unpaired) electrons. The summed E-state index contributed by atoms with van der Waals surface area (Å²) < 4.78 is 5.64. The van der Waals surface area contributed by atoms with Crippen molar-refractivity contribution in [2.24, 2.45) is 17.4 Å². The number of phenolic OH excluding ortho intramolecular Hbond substituents is 1. The van der Waals surface area contributed by atoms with E-state index >= 15 is 0 Å². The lowest BCUT2D eigenvalue weighted by Crippen LogP contribution is -2.64. The molecule has 3 aromatic carbocycles. The molecule has 1 aliphatic carbocycles. The van der Waals surface area contributed by atoms with E-state index in [-0.39, 0.29) is 92.6 Å². The maximum absolute atomic E-state index is 15.0. The van der Waals surface area contributed by atoms with Crippen LogP contribution in [0.15, 0.2) is 66.7 Å². The average molecular weight is 1510 g/mol. The van der Waals surface area contributed by atoms with Gasteiger partial charge in [0.15, 0.2) is 11.5 Å². The number of anilines is 1. The number of aromatic hydroxyl groups is 1. The van der Waals surface area contributed by atoms with Crippen LogP contribution >= 0.6 is 48.6 Å². The highest BCUT2D eigenvalue weighted by Crippen LogP contribution is 2.34. The van der Waals surface area contributed by atoms with Gasteiger partial charge in [0.1, 0.15) is 52.9 Å². The van der Waals surface area contributed by atoms with Crippen LogP contribution in [0, 0.1) is 5.92 Å². The number of aliphatic hydroxyl groups excluding tert-OH is 6. The molecule has 5 heterocycles. The van der Waals surface area contributed by atoms with Gasteiger partial charge in [-0.05, 0) is 80.3 Å². The van der Waals surface area contributed by atoms with Crippen LogP contribution in [-0.4, -0.2) is 271 Å². The summed E-state index contributed by atoms with van der Waals surface area (Å²) in [5.41, 5.74) is 13.6. The Hall–Kier alpha value is -7.64. The number of nitrogens with two attached hydrogens (primary N) is 2. The molecule has 102 heavy (non-hydrogen) atoms. The minimum absolute atomic E-state index is 0. The number of rotatable bonds is 20. The number of halogens is 3. The Labute approximate surface area is 612 Å². The van der Waals surface area contributed by atoms with Gasteiger partial charge in [-0.25, -0.2) is 0 Å². The molecule has 13 atom stereocenters. The predicted octanol–water partition coefficient (Wildman–Crippen LogP) is -2.84. The van der Waals surface area contributed by atoms with Crippen molar-refractivity contribution in [3.8, 4) is 32.6 Å². The van der Waals surface area contributed by atoms with Crippen molar-refractivity contribution < 1.29 is 83.6 Å². The summed E-state index contributed by atoms with van der Waals surface area (Å²) in [6, 6.07) is 7.50. The van der Waals surface area contributed by atoms with E-state index in [1.54, 1.807) is 12.1 Å². The molecule has 0 spiro atoms.